The van der Waals surface area contributed by atoms with E-state index in [1.54, 1.807) is 0 Å². The summed E-state index contributed by atoms with van der Waals surface area (Å²) in [6.07, 6.45) is 5.44. The summed E-state index contributed by atoms with van der Waals surface area (Å²) < 4.78 is 32.2. The smallest absolute Gasteiger partial charge is 0.348 e. The van der Waals surface area contributed by atoms with Crippen molar-refractivity contribution in [3.8, 4) is 0 Å². The average Bonchev–Trinajstić information content (AvgIpc) is 3.03. The SMILES string of the molecule is COC(=O)c1cc(S(=O)(=O)NC(CN)C2CCCCC2)cs1.Cl. The van der Waals surface area contributed by atoms with Crippen molar-refractivity contribution in [1.29, 1.82) is 0 Å². The maximum Gasteiger partial charge on any atom is 0.348 e. The Morgan fingerprint density at radius 1 is 1.43 bits per heavy atom. The van der Waals surface area contributed by atoms with Crippen molar-refractivity contribution in [2.24, 2.45) is 11.7 Å². The molecule has 6 nitrogen and oxygen atoms in total. The molecule has 2 rings (SSSR count). The molecule has 0 saturated heterocycles. The van der Waals surface area contributed by atoms with Gasteiger partial charge in [0.1, 0.15) is 4.88 Å². The lowest BCUT2D eigenvalue weighted by atomic mass is 9.84. The van der Waals surface area contributed by atoms with E-state index in [9.17, 15) is 13.2 Å². The molecule has 0 bridgehead atoms. The van der Waals surface area contributed by atoms with Crippen LogP contribution in [0.25, 0.3) is 0 Å². The van der Waals surface area contributed by atoms with Crippen LogP contribution in [0.1, 0.15) is 41.8 Å². The second-order valence-electron chi connectivity index (χ2n) is 5.50. The molecular weight excluding hydrogens is 360 g/mol. The molecule has 1 aromatic heterocycles. The van der Waals surface area contributed by atoms with Gasteiger partial charge in [0, 0.05) is 18.0 Å². The number of sulfonamides is 1. The molecule has 1 saturated carbocycles. The lowest BCUT2D eigenvalue weighted by molar-refractivity contribution is 0.0606. The van der Waals surface area contributed by atoms with E-state index in [0.717, 1.165) is 37.0 Å². The van der Waals surface area contributed by atoms with Gasteiger partial charge in [-0.05, 0) is 24.8 Å². The first-order chi connectivity index (χ1) is 10.5. The number of nitrogens with two attached hydrogens (primary N) is 1. The van der Waals surface area contributed by atoms with E-state index in [1.807, 2.05) is 0 Å². The standard InChI is InChI=1S/C14H22N2O4S2.ClH/c1-20-14(17)13-7-11(9-21-13)22(18,19)16-12(8-15)10-5-3-2-4-6-10;/h7,9-10,12,16H,2-6,8,15H2,1H3;1H. The van der Waals surface area contributed by atoms with Crippen LogP contribution in [0, 0.1) is 5.92 Å². The Labute approximate surface area is 147 Å². The Balaban J connectivity index is 0.00000264. The summed E-state index contributed by atoms with van der Waals surface area (Å²) >= 11 is 1.05. The highest BCUT2D eigenvalue weighted by atomic mass is 35.5. The van der Waals surface area contributed by atoms with E-state index in [1.165, 1.54) is 25.0 Å². The highest BCUT2D eigenvalue weighted by molar-refractivity contribution is 7.89. The zero-order valence-electron chi connectivity index (χ0n) is 13.0. The number of nitrogens with one attached hydrogen (secondary N) is 1. The fourth-order valence-corrected chi connectivity index (χ4v) is 5.32. The Morgan fingerprint density at radius 3 is 2.65 bits per heavy atom. The molecule has 132 valence electrons. The van der Waals surface area contributed by atoms with Crippen LogP contribution in [-0.4, -0.2) is 34.1 Å². The van der Waals surface area contributed by atoms with Crippen molar-refractivity contribution >= 4 is 39.7 Å². The van der Waals surface area contributed by atoms with Crippen LogP contribution >= 0.6 is 23.7 Å². The number of halogens is 1. The molecule has 1 aliphatic rings. The van der Waals surface area contributed by atoms with Gasteiger partial charge in [-0.25, -0.2) is 17.9 Å². The van der Waals surface area contributed by atoms with Gasteiger partial charge in [-0.1, -0.05) is 19.3 Å². The van der Waals surface area contributed by atoms with E-state index in [2.05, 4.69) is 9.46 Å². The van der Waals surface area contributed by atoms with Crippen molar-refractivity contribution in [3.05, 3.63) is 16.3 Å². The highest BCUT2D eigenvalue weighted by Gasteiger charge is 2.28. The van der Waals surface area contributed by atoms with Crippen LogP contribution in [0.3, 0.4) is 0 Å². The fraction of sp³-hybridized carbons (Fsp3) is 0.643. The second-order valence-corrected chi connectivity index (χ2v) is 8.13. The lowest BCUT2D eigenvalue weighted by Gasteiger charge is -2.29. The third-order valence-electron chi connectivity index (χ3n) is 4.05. The third-order valence-corrected chi connectivity index (χ3v) is 6.58. The third kappa shape index (κ3) is 5.15. The minimum Gasteiger partial charge on any atom is -0.465 e. The number of hydrogen-bond donors (Lipinski definition) is 2. The molecule has 0 aromatic carbocycles. The van der Waals surface area contributed by atoms with Crippen LogP contribution in [0.2, 0.25) is 0 Å². The van der Waals surface area contributed by atoms with Gasteiger partial charge >= 0.3 is 5.97 Å². The minimum absolute atomic E-state index is 0. The van der Waals surface area contributed by atoms with Gasteiger partial charge in [-0.3, -0.25) is 0 Å². The van der Waals surface area contributed by atoms with Crippen molar-refractivity contribution in [2.45, 2.75) is 43.0 Å². The number of methoxy groups -OCH3 is 1. The van der Waals surface area contributed by atoms with Crippen LogP contribution in [0.15, 0.2) is 16.3 Å². The fourth-order valence-electron chi connectivity index (χ4n) is 2.81. The molecule has 9 heteroatoms. The number of ether oxygens (including phenoxy) is 1. The Hall–Kier alpha value is -0.670. The van der Waals surface area contributed by atoms with Gasteiger partial charge in [0.2, 0.25) is 10.0 Å². The summed E-state index contributed by atoms with van der Waals surface area (Å²) in [5, 5.41) is 1.45. The molecule has 1 aliphatic carbocycles. The number of rotatable bonds is 6. The van der Waals surface area contributed by atoms with Crippen LogP contribution in [-0.2, 0) is 14.8 Å². The zero-order chi connectivity index (χ0) is 16.2. The molecule has 23 heavy (non-hydrogen) atoms. The van der Waals surface area contributed by atoms with Gasteiger partial charge in [0.15, 0.2) is 0 Å². The maximum atomic E-state index is 12.5. The summed E-state index contributed by atoms with van der Waals surface area (Å²) in [7, 11) is -2.40. The van der Waals surface area contributed by atoms with Gasteiger partial charge in [0.05, 0.1) is 12.0 Å². The molecule has 0 spiro atoms. The van der Waals surface area contributed by atoms with Crippen LogP contribution in [0.4, 0.5) is 0 Å². The van der Waals surface area contributed by atoms with Crippen molar-refractivity contribution in [3.63, 3.8) is 0 Å². The first-order valence-corrected chi connectivity index (χ1v) is 9.73. The Kier molecular flexibility index (Phi) is 7.96. The van der Waals surface area contributed by atoms with Crippen molar-refractivity contribution in [2.75, 3.05) is 13.7 Å². The molecule has 1 heterocycles. The predicted molar refractivity (Wildman–Crippen MR) is 92.6 cm³/mol. The number of hydrogen-bond acceptors (Lipinski definition) is 6. The molecule has 0 aliphatic heterocycles. The van der Waals surface area contributed by atoms with Crippen LogP contribution < -0.4 is 10.5 Å². The maximum absolute atomic E-state index is 12.5. The predicted octanol–water partition coefficient (Wildman–Crippen LogP) is 2.14. The number of carbonyl (C=O) groups excluding carboxylic acids is 1. The molecule has 1 aromatic rings. The van der Waals surface area contributed by atoms with E-state index in [4.69, 9.17) is 5.73 Å². The van der Waals surface area contributed by atoms with Gasteiger partial charge in [0.25, 0.3) is 0 Å². The average molecular weight is 383 g/mol. The van der Waals surface area contributed by atoms with E-state index in [-0.39, 0.29) is 40.7 Å². The molecule has 0 radical (unpaired) electrons. The van der Waals surface area contributed by atoms with E-state index >= 15 is 0 Å². The topological polar surface area (TPSA) is 98.5 Å². The zero-order valence-corrected chi connectivity index (χ0v) is 15.4. The Bertz CT molecular complexity index is 612. The normalized spacial score (nSPS) is 17.3. The van der Waals surface area contributed by atoms with Crippen molar-refractivity contribution < 1.29 is 17.9 Å². The van der Waals surface area contributed by atoms with Gasteiger partial charge in [-0.2, -0.15) is 0 Å². The molecular formula is C14H23ClN2O4S2. The molecule has 3 N–H and O–H groups in total. The summed E-state index contributed by atoms with van der Waals surface area (Å²) in [4.78, 5) is 11.8. The summed E-state index contributed by atoms with van der Waals surface area (Å²) in [6, 6.07) is 1.08. The van der Waals surface area contributed by atoms with Crippen LogP contribution in [0.5, 0.6) is 0 Å². The first kappa shape index (κ1) is 20.4. The van der Waals surface area contributed by atoms with E-state index in [0.29, 0.717) is 0 Å². The number of carbonyl (C=O) groups is 1. The largest absolute Gasteiger partial charge is 0.465 e. The van der Waals surface area contributed by atoms with Gasteiger partial charge in [-0.15, -0.1) is 23.7 Å². The molecule has 1 atom stereocenters. The van der Waals surface area contributed by atoms with E-state index < -0.39 is 16.0 Å². The lowest BCUT2D eigenvalue weighted by Crippen LogP contribution is -2.45. The highest BCUT2D eigenvalue weighted by Crippen LogP contribution is 2.27. The molecule has 0 amide bonds. The minimum atomic E-state index is -3.67. The first-order valence-electron chi connectivity index (χ1n) is 7.37. The summed E-state index contributed by atoms with van der Waals surface area (Å²) in [5.74, 6) is -0.249. The number of thiophene rings is 1. The Morgan fingerprint density at radius 2 is 2.09 bits per heavy atom. The monoisotopic (exact) mass is 382 g/mol. The van der Waals surface area contributed by atoms with Crippen molar-refractivity contribution in [1.82, 2.24) is 4.72 Å². The second kappa shape index (κ2) is 8.98. The summed E-state index contributed by atoms with van der Waals surface area (Å²) in [5.41, 5.74) is 5.77. The van der Waals surface area contributed by atoms with Gasteiger partial charge < -0.3 is 10.5 Å². The molecule has 1 fully saturated rings. The molecule has 1 unspecified atom stereocenters. The quantitative estimate of drug-likeness (QED) is 0.734. The number of esters is 1. The summed E-state index contributed by atoms with van der Waals surface area (Å²) in [6.45, 7) is 0.276.